The van der Waals surface area contributed by atoms with Gasteiger partial charge < -0.3 is 15.7 Å². The van der Waals surface area contributed by atoms with E-state index in [1.165, 1.54) is 0 Å². The first-order valence-electron chi connectivity index (χ1n) is 6.28. The molecule has 2 aromatic rings. The zero-order chi connectivity index (χ0) is 14.4. The Kier molecular flexibility index (Phi) is 5.53. The first-order chi connectivity index (χ1) is 9.69. The van der Waals surface area contributed by atoms with Crippen molar-refractivity contribution in [3.63, 3.8) is 0 Å². The molecule has 0 amide bonds. The first-order valence-corrected chi connectivity index (χ1v) is 7.20. The van der Waals surface area contributed by atoms with Gasteiger partial charge in [0.25, 0.3) is 0 Å². The highest BCUT2D eigenvalue weighted by molar-refractivity contribution is 6.30. The van der Waals surface area contributed by atoms with Crippen molar-refractivity contribution in [2.24, 2.45) is 0 Å². The molecule has 106 valence electrons. The number of rotatable bonds is 6. The van der Waals surface area contributed by atoms with E-state index in [-0.39, 0.29) is 5.88 Å². The van der Waals surface area contributed by atoms with Crippen LogP contribution in [0.4, 0.5) is 17.1 Å². The number of hydrogen-bond acceptors (Lipinski definition) is 3. The van der Waals surface area contributed by atoms with E-state index in [9.17, 15) is 5.11 Å². The maximum absolute atomic E-state index is 9.50. The molecule has 0 heterocycles. The molecule has 2 aromatic carbocycles. The summed E-state index contributed by atoms with van der Waals surface area (Å²) in [6, 6.07) is 15.3. The highest BCUT2D eigenvalue weighted by Gasteiger charge is 2.05. The fourth-order valence-electron chi connectivity index (χ4n) is 1.72. The monoisotopic (exact) mass is 310 g/mol. The van der Waals surface area contributed by atoms with Crippen LogP contribution in [-0.2, 0) is 0 Å². The summed E-state index contributed by atoms with van der Waals surface area (Å²) in [4.78, 5) is 0. The number of para-hydroxylation sites is 2. The first kappa shape index (κ1) is 15.0. The highest BCUT2D eigenvalue weighted by atomic mass is 35.5. The van der Waals surface area contributed by atoms with Crippen LogP contribution in [0.15, 0.2) is 48.5 Å². The van der Waals surface area contributed by atoms with Gasteiger partial charge in [-0.1, -0.05) is 23.7 Å². The Bertz CT molecular complexity index is 546. The highest BCUT2D eigenvalue weighted by Crippen LogP contribution is 2.25. The molecule has 1 unspecified atom stereocenters. The molecule has 20 heavy (non-hydrogen) atoms. The molecule has 1 atom stereocenters. The number of aliphatic hydroxyl groups is 1. The summed E-state index contributed by atoms with van der Waals surface area (Å²) in [7, 11) is 0. The van der Waals surface area contributed by atoms with Gasteiger partial charge in [0.1, 0.15) is 0 Å². The summed E-state index contributed by atoms with van der Waals surface area (Å²) in [5.41, 5.74) is 2.78. The maximum atomic E-state index is 9.50. The standard InChI is InChI=1S/C15H16Cl2N2O/c16-9-13(20)10-18-14-3-1-2-4-15(14)19-12-7-5-11(17)6-8-12/h1-8,13,18-20H,9-10H2. The Morgan fingerprint density at radius 1 is 1.00 bits per heavy atom. The molecule has 0 aromatic heterocycles. The average Bonchev–Trinajstić information content (AvgIpc) is 2.48. The lowest BCUT2D eigenvalue weighted by molar-refractivity contribution is 0.211. The molecule has 0 aliphatic rings. The molecule has 0 bridgehead atoms. The average molecular weight is 311 g/mol. The predicted molar refractivity (Wildman–Crippen MR) is 86.4 cm³/mol. The number of halogens is 2. The van der Waals surface area contributed by atoms with Gasteiger partial charge in [0.15, 0.2) is 0 Å². The fraction of sp³-hybridized carbons (Fsp3) is 0.200. The van der Waals surface area contributed by atoms with Crippen LogP contribution in [0.1, 0.15) is 0 Å². The van der Waals surface area contributed by atoms with Crippen molar-refractivity contribution in [3.8, 4) is 0 Å². The lowest BCUT2D eigenvalue weighted by Crippen LogP contribution is -2.21. The van der Waals surface area contributed by atoms with E-state index in [2.05, 4.69) is 10.6 Å². The van der Waals surface area contributed by atoms with Gasteiger partial charge in [-0.2, -0.15) is 0 Å². The van der Waals surface area contributed by atoms with Crippen LogP contribution in [0.2, 0.25) is 5.02 Å². The second-order valence-electron chi connectivity index (χ2n) is 4.37. The lowest BCUT2D eigenvalue weighted by atomic mass is 10.2. The largest absolute Gasteiger partial charge is 0.390 e. The third-order valence-corrected chi connectivity index (χ3v) is 3.36. The van der Waals surface area contributed by atoms with Gasteiger partial charge in [-0.15, -0.1) is 11.6 Å². The fourth-order valence-corrected chi connectivity index (χ4v) is 1.95. The normalized spacial score (nSPS) is 11.9. The second kappa shape index (κ2) is 7.39. The van der Waals surface area contributed by atoms with Crippen LogP contribution in [0, 0.1) is 0 Å². The smallest absolute Gasteiger partial charge is 0.0847 e. The van der Waals surface area contributed by atoms with Gasteiger partial charge in [-0.05, 0) is 36.4 Å². The van der Waals surface area contributed by atoms with Crippen LogP contribution >= 0.6 is 23.2 Å². The van der Waals surface area contributed by atoms with Crippen molar-refractivity contribution in [1.29, 1.82) is 0 Å². The summed E-state index contributed by atoms with van der Waals surface area (Å²) in [5.74, 6) is 0.208. The van der Waals surface area contributed by atoms with E-state index in [4.69, 9.17) is 23.2 Å². The summed E-state index contributed by atoms with van der Waals surface area (Å²) in [6.07, 6.45) is -0.569. The third kappa shape index (κ3) is 4.30. The number of aliphatic hydroxyl groups excluding tert-OH is 1. The van der Waals surface area contributed by atoms with Crippen LogP contribution in [0.5, 0.6) is 0 Å². The minimum atomic E-state index is -0.569. The maximum Gasteiger partial charge on any atom is 0.0847 e. The molecule has 0 saturated heterocycles. The number of nitrogens with one attached hydrogen (secondary N) is 2. The van der Waals surface area contributed by atoms with Crippen molar-refractivity contribution >= 4 is 40.3 Å². The molecule has 0 fully saturated rings. The van der Waals surface area contributed by atoms with Crippen molar-refractivity contribution in [3.05, 3.63) is 53.6 Å². The summed E-state index contributed by atoms with van der Waals surface area (Å²) in [5, 5.41) is 16.7. The van der Waals surface area contributed by atoms with E-state index in [0.717, 1.165) is 17.1 Å². The van der Waals surface area contributed by atoms with E-state index >= 15 is 0 Å². The zero-order valence-corrected chi connectivity index (χ0v) is 12.3. The van der Waals surface area contributed by atoms with Crippen LogP contribution in [0.3, 0.4) is 0 Å². The summed E-state index contributed by atoms with van der Waals surface area (Å²) < 4.78 is 0. The molecule has 5 heteroatoms. The van der Waals surface area contributed by atoms with Gasteiger partial charge in [-0.25, -0.2) is 0 Å². The number of anilines is 3. The van der Waals surface area contributed by atoms with Crippen molar-refractivity contribution in [2.75, 3.05) is 23.1 Å². The molecular formula is C15H16Cl2N2O. The van der Waals surface area contributed by atoms with E-state index in [0.29, 0.717) is 11.6 Å². The zero-order valence-electron chi connectivity index (χ0n) is 10.8. The van der Waals surface area contributed by atoms with E-state index < -0.39 is 6.10 Å². The van der Waals surface area contributed by atoms with Gasteiger partial charge in [0.05, 0.1) is 23.4 Å². The Morgan fingerprint density at radius 3 is 2.30 bits per heavy atom. The van der Waals surface area contributed by atoms with E-state index in [1.54, 1.807) is 0 Å². The summed E-state index contributed by atoms with van der Waals surface area (Å²) >= 11 is 11.5. The molecule has 3 nitrogen and oxygen atoms in total. The molecule has 0 saturated carbocycles. The quantitative estimate of drug-likeness (QED) is 0.704. The lowest BCUT2D eigenvalue weighted by Gasteiger charge is -2.15. The Balaban J connectivity index is 2.09. The molecule has 2 rings (SSSR count). The van der Waals surface area contributed by atoms with Gasteiger partial charge >= 0.3 is 0 Å². The summed E-state index contributed by atoms with van der Waals surface area (Å²) in [6.45, 7) is 0.406. The SMILES string of the molecule is OC(CCl)CNc1ccccc1Nc1ccc(Cl)cc1. The number of hydrogen-bond donors (Lipinski definition) is 3. The van der Waals surface area contributed by atoms with Gasteiger partial charge in [0.2, 0.25) is 0 Å². The molecule has 0 aliphatic heterocycles. The Hall–Kier alpha value is -1.42. The number of benzene rings is 2. The minimum Gasteiger partial charge on any atom is -0.390 e. The third-order valence-electron chi connectivity index (χ3n) is 2.76. The van der Waals surface area contributed by atoms with Gasteiger partial charge in [0, 0.05) is 17.3 Å². The molecule has 0 spiro atoms. The molecule has 0 radical (unpaired) electrons. The van der Waals surface area contributed by atoms with Crippen LogP contribution in [-0.4, -0.2) is 23.6 Å². The van der Waals surface area contributed by atoms with Crippen molar-refractivity contribution in [2.45, 2.75) is 6.10 Å². The predicted octanol–water partition coefficient (Wildman–Crippen LogP) is 4.10. The van der Waals surface area contributed by atoms with Crippen molar-refractivity contribution < 1.29 is 5.11 Å². The second-order valence-corrected chi connectivity index (χ2v) is 5.11. The molecule has 0 aliphatic carbocycles. The van der Waals surface area contributed by atoms with Gasteiger partial charge in [-0.3, -0.25) is 0 Å². The van der Waals surface area contributed by atoms with Crippen LogP contribution < -0.4 is 10.6 Å². The minimum absolute atomic E-state index is 0.208. The number of alkyl halides is 1. The Morgan fingerprint density at radius 2 is 1.65 bits per heavy atom. The van der Waals surface area contributed by atoms with E-state index in [1.807, 2.05) is 48.5 Å². The van der Waals surface area contributed by atoms with Crippen LogP contribution in [0.25, 0.3) is 0 Å². The Labute approximate surface area is 128 Å². The van der Waals surface area contributed by atoms with Crippen molar-refractivity contribution in [1.82, 2.24) is 0 Å². The molecular weight excluding hydrogens is 295 g/mol. The topological polar surface area (TPSA) is 44.3 Å². The molecule has 3 N–H and O–H groups in total.